The maximum Gasteiger partial charge on any atom is 0.263 e. The van der Waals surface area contributed by atoms with Crippen LogP contribution in [0.25, 0.3) is 0 Å². The highest BCUT2D eigenvalue weighted by atomic mass is 79.9. The highest BCUT2D eigenvalue weighted by molar-refractivity contribution is 9.11. The van der Waals surface area contributed by atoms with E-state index in [9.17, 15) is 8.42 Å². The van der Waals surface area contributed by atoms with Crippen LogP contribution in [-0.2, 0) is 16.6 Å². The van der Waals surface area contributed by atoms with Gasteiger partial charge >= 0.3 is 0 Å². The second kappa shape index (κ2) is 6.26. The maximum absolute atomic E-state index is 12.3. The Kier molecular flexibility index (Phi) is 4.85. The zero-order chi connectivity index (χ0) is 14.8. The summed E-state index contributed by atoms with van der Waals surface area (Å²) in [5.74, 6) is 0. The van der Waals surface area contributed by atoms with Gasteiger partial charge in [0, 0.05) is 21.2 Å². The van der Waals surface area contributed by atoms with Crippen LogP contribution < -0.4 is 10.5 Å². The minimum Gasteiger partial charge on any atom is -0.326 e. The molecule has 0 heterocycles. The molecule has 0 unspecified atom stereocenters. The van der Waals surface area contributed by atoms with Crippen LogP contribution in [0.4, 0.5) is 5.69 Å². The van der Waals surface area contributed by atoms with Gasteiger partial charge in [-0.25, -0.2) is 8.42 Å². The largest absolute Gasteiger partial charge is 0.326 e. The van der Waals surface area contributed by atoms with Crippen LogP contribution in [0.15, 0.2) is 56.3 Å². The molecular weight excluding hydrogens is 408 g/mol. The van der Waals surface area contributed by atoms with E-state index in [2.05, 4.69) is 36.6 Å². The van der Waals surface area contributed by atoms with E-state index in [1.165, 1.54) is 6.07 Å². The summed E-state index contributed by atoms with van der Waals surface area (Å²) < 4.78 is 28.5. The third kappa shape index (κ3) is 3.60. The summed E-state index contributed by atoms with van der Waals surface area (Å²) in [6.07, 6.45) is 0. The first-order valence-corrected chi connectivity index (χ1v) is 8.76. The second-order valence-electron chi connectivity index (χ2n) is 4.08. The van der Waals surface area contributed by atoms with Gasteiger partial charge in [0.2, 0.25) is 0 Å². The molecule has 0 aromatic heterocycles. The van der Waals surface area contributed by atoms with E-state index in [-0.39, 0.29) is 4.90 Å². The van der Waals surface area contributed by atoms with E-state index < -0.39 is 10.0 Å². The number of anilines is 1. The molecule has 106 valence electrons. The van der Waals surface area contributed by atoms with Crippen LogP contribution in [0.2, 0.25) is 0 Å². The number of nitrogens with one attached hydrogen (secondary N) is 1. The Morgan fingerprint density at radius 3 is 2.50 bits per heavy atom. The fourth-order valence-corrected chi connectivity index (χ4v) is 4.46. The van der Waals surface area contributed by atoms with E-state index in [4.69, 9.17) is 5.73 Å². The summed E-state index contributed by atoms with van der Waals surface area (Å²) in [7, 11) is -3.64. The molecule has 0 saturated carbocycles. The normalized spacial score (nSPS) is 11.3. The second-order valence-corrected chi connectivity index (χ2v) is 7.51. The lowest BCUT2D eigenvalue weighted by Gasteiger charge is -2.10. The van der Waals surface area contributed by atoms with Gasteiger partial charge in [-0.05, 0) is 51.8 Å². The van der Waals surface area contributed by atoms with Gasteiger partial charge in [0.25, 0.3) is 10.0 Å². The van der Waals surface area contributed by atoms with Crippen LogP contribution in [0, 0.1) is 0 Å². The van der Waals surface area contributed by atoms with Crippen LogP contribution in [-0.4, -0.2) is 8.42 Å². The zero-order valence-corrected chi connectivity index (χ0v) is 14.3. The first kappa shape index (κ1) is 15.5. The average Bonchev–Trinajstić information content (AvgIpc) is 2.37. The fraction of sp³-hybridized carbons (Fsp3) is 0.0769. The standard InChI is InChI=1S/C13H12Br2N2O2S/c14-10-4-5-13(12(15)7-10)20(18,19)17-11-3-1-2-9(6-11)8-16/h1-7,17H,8,16H2. The molecule has 2 aromatic rings. The lowest BCUT2D eigenvalue weighted by molar-refractivity contribution is 0.600. The van der Waals surface area contributed by atoms with Gasteiger partial charge in [0.15, 0.2) is 0 Å². The lowest BCUT2D eigenvalue weighted by atomic mass is 10.2. The van der Waals surface area contributed by atoms with E-state index >= 15 is 0 Å². The highest BCUT2D eigenvalue weighted by Gasteiger charge is 2.17. The lowest BCUT2D eigenvalue weighted by Crippen LogP contribution is -2.13. The van der Waals surface area contributed by atoms with Crippen molar-refractivity contribution in [2.24, 2.45) is 5.73 Å². The SMILES string of the molecule is NCc1cccc(NS(=O)(=O)c2ccc(Br)cc2Br)c1. The quantitative estimate of drug-likeness (QED) is 0.796. The van der Waals surface area contributed by atoms with Gasteiger partial charge in [-0.3, -0.25) is 4.72 Å². The molecule has 0 aliphatic rings. The molecule has 4 nitrogen and oxygen atoms in total. The molecular formula is C13H12Br2N2O2S. The minimum absolute atomic E-state index is 0.179. The number of hydrogen-bond acceptors (Lipinski definition) is 3. The first-order valence-electron chi connectivity index (χ1n) is 5.69. The Hall–Kier alpha value is -0.890. The third-order valence-corrected chi connectivity index (χ3v) is 5.45. The van der Waals surface area contributed by atoms with E-state index in [0.717, 1.165) is 10.0 Å². The van der Waals surface area contributed by atoms with E-state index in [1.54, 1.807) is 30.3 Å². The molecule has 0 radical (unpaired) electrons. The Morgan fingerprint density at radius 1 is 1.10 bits per heavy atom. The number of nitrogens with two attached hydrogens (primary N) is 1. The van der Waals surface area contributed by atoms with Crippen molar-refractivity contribution in [1.29, 1.82) is 0 Å². The number of halogens is 2. The average molecular weight is 420 g/mol. The third-order valence-electron chi connectivity index (χ3n) is 2.60. The van der Waals surface area contributed by atoms with Gasteiger partial charge in [-0.2, -0.15) is 0 Å². The van der Waals surface area contributed by atoms with Gasteiger partial charge in [-0.15, -0.1) is 0 Å². The van der Waals surface area contributed by atoms with E-state index in [1.807, 2.05) is 6.07 Å². The molecule has 0 bridgehead atoms. The Balaban J connectivity index is 2.35. The molecule has 0 amide bonds. The van der Waals surface area contributed by atoms with Crippen LogP contribution in [0.5, 0.6) is 0 Å². The van der Waals surface area contributed by atoms with Gasteiger partial charge in [-0.1, -0.05) is 28.1 Å². The van der Waals surface area contributed by atoms with Crippen molar-refractivity contribution >= 4 is 47.6 Å². The number of benzene rings is 2. The summed E-state index contributed by atoms with van der Waals surface area (Å²) in [5.41, 5.74) is 6.89. The Morgan fingerprint density at radius 2 is 1.85 bits per heavy atom. The number of rotatable bonds is 4. The Labute approximate surface area is 134 Å². The molecule has 0 aliphatic heterocycles. The topological polar surface area (TPSA) is 72.2 Å². The summed E-state index contributed by atoms with van der Waals surface area (Å²) >= 11 is 6.54. The van der Waals surface area contributed by atoms with Crippen LogP contribution >= 0.6 is 31.9 Å². The van der Waals surface area contributed by atoms with Crippen molar-refractivity contribution in [3.63, 3.8) is 0 Å². The maximum atomic E-state index is 12.3. The number of sulfonamides is 1. The van der Waals surface area contributed by atoms with Crippen molar-refractivity contribution in [3.05, 3.63) is 57.0 Å². The van der Waals surface area contributed by atoms with Crippen molar-refractivity contribution in [2.75, 3.05) is 4.72 Å². The molecule has 0 spiro atoms. The van der Waals surface area contributed by atoms with Gasteiger partial charge < -0.3 is 5.73 Å². The molecule has 0 fully saturated rings. The van der Waals surface area contributed by atoms with Crippen LogP contribution in [0.3, 0.4) is 0 Å². The zero-order valence-electron chi connectivity index (χ0n) is 10.3. The van der Waals surface area contributed by atoms with Gasteiger partial charge in [0.05, 0.1) is 0 Å². The number of hydrogen-bond donors (Lipinski definition) is 2. The fourth-order valence-electron chi connectivity index (χ4n) is 1.67. The summed E-state index contributed by atoms with van der Waals surface area (Å²) in [6.45, 7) is 0.359. The summed E-state index contributed by atoms with van der Waals surface area (Å²) in [5, 5.41) is 0. The monoisotopic (exact) mass is 418 g/mol. The molecule has 20 heavy (non-hydrogen) atoms. The molecule has 2 rings (SSSR count). The Bertz CT molecular complexity index is 733. The molecule has 2 aromatic carbocycles. The van der Waals surface area contributed by atoms with Crippen molar-refractivity contribution in [2.45, 2.75) is 11.4 Å². The highest BCUT2D eigenvalue weighted by Crippen LogP contribution is 2.27. The van der Waals surface area contributed by atoms with Crippen molar-refractivity contribution < 1.29 is 8.42 Å². The molecule has 3 N–H and O–H groups in total. The predicted molar refractivity (Wildman–Crippen MR) is 87.0 cm³/mol. The van der Waals surface area contributed by atoms with Gasteiger partial charge in [0.1, 0.15) is 4.90 Å². The summed E-state index contributed by atoms with van der Waals surface area (Å²) in [4.78, 5) is 0.179. The summed E-state index contributed by atoms with van der Waals surface area (Å²) in [6, 6.07) is 11.9. The van der Waals surface area contributed by atoms with Crippen molar-refractivity contribution in [3.8, 4) is 0 Å². The molecule has 0 atom stereocenters. The minimum atomic E-state index is -3.64. The smallest absolute Gasteiger partial charge is 0.263 e. The van der Waals surface area contributed by atoms with Crippen molar-refractivity contribution in [1.82, 2.24) is 0 Å². The molecule has 0 aliphatic carbocycles. The molecule has 0 saturated heterocycles. The molecule has 7 heteroatoms. The van der Waals surface area contributed by atoms with E-state index in [0.29, 0.717) is 16.7 Å². The predicted octanol–water partition coefficient (Wildman–Crippen LogP) is 3.47. The first-order chi connectivity index (χ1) is 9.42. The van der Waals surface area contributed by atoms with Crippen LogP contribution in [0.1, 0.15) is 5.56 Å².